The minimum atomic E-state index is -0.519. The van der Waals surface area contributed by atoms with Gasteiger partial charge in [-0.2, -0.15) is 0 Å². The Bertz CT molecular complexity index is 1050. The minimum Gasteiger partial charge on any atom is -0.489 e. The molecule has 8 nitrogen and oxygen atoms in total. The van der Waals surface area contributed by atoms with E-state index in [1.165, 1.54) is 24.3 Å². The van der Waals surface area contributed by atoms with Crippen LogP contribution >= 0.6 is 0 Å². The Hall–Kier alpha value is -3.91. The molecule has 0 N–H and O–H groups in total. The molecule has 1 amide bonds. The number of nitrogens with zero attached hydrogens (tertiary/aromatic N) is 2. The molecule has 1 saturated heterocycles. The summed E-state index contributed by atoms with van der Waals surface area (Å²) >= 11 is 0. The Balaban J connectivity index is 1.32. The molecular weight excluding hydrogens is 412 g/mol. The smallest absolute Gasteiger partial charge is 0.415 e. The molecule has 3 aromatic carbocycles. The zero-order valence-corrected chi connectivity index (χ0v) is 17.3. The van der Waals surface area contributed by atoms with Gasteiger partial charge in [0.1, 0.15) is 24.2 Å². The Morgan fingerprint density at radius 2 is 1.69 bits per heavy atom. The summed E-state index contributed by atoms with van der Waals surface area (Å²) < 4.78 is 17.0. The third-order valence-corrected chi connectivity index (χ3v) is 5.08. The maximum Gasteiger partial charge on any atom is 0.415 e. The Morgan fingerprint density at radius 1 is 1.00 bits per heavy atom. The van der Waals surface area contributed by atoms with E-state index in [9.17, 15) is 14.9 Å². The van der Waals surface area contributed by atoms with Crippen LogP contribution in [-0.2, 0) is 11.3 Å². The molecule has 0 saturated carbocycles. The Kier molecular flexibility index (Phi) is 6.62. The van der Waals surface area contributed by atoms with Crippen LogP contribution in [0.3, 0.4) is 0 Å². The van der Waals surface area contributed by atoms with Crippen LogP contribution in [0.5, 0.6) is 11.5 Å². The predicted molar refractivity (Wildman–Crippen MR) is 117 cm³/mol. The van der Waals surface area contributed by atoms with Gasteiger partial charge in [0.2, 0.25) is 0 Å². The first kappa shape index (κ1) is 21.3. The van der Waals surface area contributed by atoms with E-state index >= 15 is 0 Å². The lowest BCUT2D eigenvalue weighted by Crippen LogP contribution is -2.43. The number of carbonyl (C=O) groups excluding carboxylic acids is 1. The molecule has 1 heterocycles. The monoisotopic (exact) mass is 434 g/mol. The van der Waals surface area contributed by atoms with Crippen LogP contribution < -0.4 is 9.47 Å². The van der Waals surface area contributed by atoms with Gasteiger partial charge in [-0.3, -0.25) is 10.1 Å². The zero-order valence-electron chi connectivity index (χ0n) is 17.3. The number of benzene rings is 3. The van der Waals surface area contributed by atoms with Crippen molar-refractivity contribution in [1.29, 1.82) is 0 Å². The average molecular weight is 434 g/mol. The fourth-order valence-electron chi connectivity index (χ4n) is 3.34. The van der Waals surface area contributed by atoms with Crippen LogP contribution in [0.25, 0.3) is 0 Å². The number of amides is 1. The highest BCUT2D eigenvalue weighted by molar-refractivity contribution is 5.71. The first-order valence-electron chi connectivity index (χ1n) is 10.2. The Morgan fingerprint density at radius 3 is 2.38 bits per heavy atom. The summed E-state index contributed by atoms with van der Waals surface area (Å²) in [7, 11) is 0. The molecule has 0 aromatic heterocycles. The van der Waals surface area contributed by atoms with Gasteiger partial charge in [-0.1, -0.05) is 42.5 Å². The molecule has 3 aromatic rings. The van der Waals surface area contributed by atoms with Gasteiger partial charge >= 0.3 is 6.09 Å². The van der Waals surface area contributed by atoms with E-state index in [1.54, 1.807) is 4.90 Å². The number of nitro groups is 1. The van der Waals surface area contributed by atoms with Gasteiger partial charge in [0.25, 0.3) is 5.69 Å². The molecule has 8 heteroatoms. The van der Waals surface area contributed by atoms with Crippen LogP contribution in [-0.4, -0.2) is 35.6 Å². The number of carbonyl (C=O) groups is 1. The van der Waals surface area contributed by atoms with Gasteiger partial charge < -0.3 is 19.1 Å². The number of non-ortho nitro benzene ring substituents is 1. The summed E-state index contributed by atoms with van der Waals surface area (Å²) in [6.45, 7) is 1.62. The van der Waals surface area contributed by atoms with E-state index in [4.69, 9.17) is 14.2 Å². The van der Waals surface area contributed by atoms with E-state index in [0.29, 0.717) is 26.3 Å². The normalized spacial score (nSPS) is 15.8. The number of ether oxygens (including phenoxy) is 3. The van der Waals surface area contributed by atoms with Gasteiger partial charge in [0.15, 0.2) is 0 Å². The van der Waals surface area contributed by atoms with Crippen molar-refractivity contribution < 1.29 is 23.9 Å². The summed E-state index contributed by atoms with van der Waals surface area (Å²) in [5.41, 5.74) is 1.96. The number of hydrogen-bond acceptors (Lipinski definition) is 6. The van der Waals surface area contributed by atoms with Crippen molar-refractivity contribution >= 4 is 11.8 Å². The zero-order chi connectivity index (χ0) is 22.3. The summed E-state index contributed by atoms with van der Waals surface area (Å²) in [5.74, 6) is 1.01. The molecule has 32 heavy (non-hydrogen) atoms. The lowest BCUT2D eigenvalue weighted by atomic mass is 10.1. The molecule has 164 valence electrons. The van der Waals surface area contributed by atoms with E-state index in [0.717, 1.165) is 16.9 Å². The summed E-state index contributed by atoms with van der Waals surface area (Å²) in [6, 6.07) is 23.0. The highest BCUT2D eigenvalue weighted by atomic mass is 16.6. The predicted octanol–water partition coefficient (Wildman–Crippen LogP) is 4.75. The van der Waals surface area contributed by atoms with Crippen molar-refractivity contribution in [1.82, 2.24) is 4.90 Å². The van der Waals surface area contributed by atoms with E-state index < -0.39 is 11.0 Å². The molecule has 0 bridgehead atoms. The van der Waals surface area contributed by atoms with Gasteiger partial charge in [-0.05, 0) is 35.4 Å². The van der Waals surface area contributed by atoms with Crippen molar-refractivity contribution in [2.24, 2.45) is 0 Å². The highest BCUT2D eigenvalue weighted by Gasteiger charge is 2.27. The SMILES string of the molecule is O=C(Oc1ccc([N+](=O)[O-])cc1)N1CCO[C@@H](c2ccc(OCc3ccccc3)cc2)C1. The molecule has 0 aliphatic carbocycles. The number of hydrogen-bond donors (Lipinski definition) is 0. The van der Waals surface area contributed by atoms with E-state index in [2.05, 4.69) is 0 Å². The second-order valence-electron chi connectivity index (χ2n) is 7.27. The molecule has 4 rings (SSSR count). The van der Waals surface area contributed by atoms with Gasteiger partial charge in [0.05, 0.1) is 18.1 Å². The average Bonchev–Trinajstić information content (AvgIpc) is 2.84. The van der Waals surface area contributed by atoms with E-state index in [-0.39, 0.29) is 17.5 Å². The quantitative estimate of drug-likeness (QED) is 0.411. The fraction of sp³-hybridized carbons (Fsp3) is 0.208. The summed E-state index contributed by atoms with van der Waals surface area (Å²) in [4.78, 5) is 24.3. The van der Waals surface area contributed by atoms with Crippen molar-refractivity contribution in [3.8, 4) is 11.5 Å². The highest BCUT2D eigenvalue weighted by Crippen LogP contribution is 2.26. The topological polar surface area (TPSA) is 91.1 Å². The molecule has 0 unspecified atom stereocenters. The van der Waals surface area contributed by atoms with Gasteiger partial charge in [-0.15, -0.1) is 0 Å². The van der Waals surface area contributed by atoms with Crippen LogP contribution in [0.1, 0.15) is 17.2 Å². The maximum atomic E-state index is 12.5. The maximum absolute atomic E-state index is 12.5. The van der Waals surface area contributed by atoms with Crippen molar-refractivity contribution in [3.05, 3.63) is 100 Å². The Labute approximate surface area is 185 Å². The fourth-order valence-corrected chi connectivity index (χ4v) is 3.34. The minimum absolute atomic E-state index is 0.0626. The molecule has 0 spiro atoms. The molecule has 1 aliphatic rings. The number of rotatable bonds is 6. The third-order valence-electron chi connectivity index (χ3n) is 5.08. The molecule has 1 fully saturated rings. The third kappa shape index (κ3) is 5.41. The molecule has 1 aliphatic heterocycles. The molecule has 1 atom stereocenters. The van der Waals surface area contributed by atoms with Crippen LogP contribution in [0.4, 0.5) is 10.5 Å². The second kappa shape index (κ2) is 9.93. The van der Waals surface area contributed by atoms with Crippen LogP contribution in [0.2, 0.25) is 0 Å². The first-order valence-corrected chi connectivity index (χ1v) is 10.2. The van der Waals surface area contributed by atoms with Crippen molar-refractivity contribution in [3.63, 3.8) is 0 Å². The first-order chi connectivity index (χ1) is 15.6. The van der Waals surface area contributed by atoms with Crippen molar-refractivity contribution in [2.75, 3.05) is 19.7 Å². The van der Waals surface area contributed by atoms with Crippen molar-refractivity contribution in [2.45, 2.75) is 12.7 Å². The lowest BCUT2D eigenvalue weighted by Gasteiger charge is -2.32. The van der Waals surface area contributed by atoms with Crippen LogP contribution in [0, 0.1) is 10.1 Å². The van der Waals surface area contributed by atoms with E-state index in [1.807, 2.05) is 54.6 Å². The number of nitro benzene ring substituents is 1. The van der Waals surface area contributed by atoms with Gasteiger partial charge in [-0.25, -0.2) is 4.79 Å². The summed E-state index contributed by atoms with van der Waals surface area (Å²) in [6.07, 6.45) is -0.800. The standard InChI is InChI=1S/C24H22N2O6/c27-24(32-22-12-8-20(9-13-22)26(28)29)25-14-15-30-23(16-25)19-6-10-21(11-7-19)31-17-18-4-2-1-3-5-18/h1-13,23H,14-17H2/t23-/m1/s1. The number of morpholine rings is 1. The largest absolute Gasteiger partial charge is 0.489 e. The molecular formula is C24H22N2O6. The summed E-state index contributed by atoms with van der Waals surface area (Å²) in [5, 5.41) is 10.7. The lowest BCUT2D eigenvalue weighted by molar-refractivity contribution is -0.384. The van der Waals surface area contributed by atoms with Crippen LogP contribution in [0.15, 0.2) is 78.9 Å². The molecule has 0 radical (unpaired) electrons. The second-order valence-corrected chi connectivity index (χ2v) is 7.27. The van der Waals surface area contributed by atoms with Gasteiger partial charge in [0, 0.05) is 18.7 Å².